The Morgan fingerprint density at radius 2 is 2.13 bits per heavy atom. The van der Waals surface area contributed by atoms with Crippen LogP contribution in [0.4, 0.5) is 4.39 Å². The molecule has 0 atom stereocenters. The highest BCUT2D eigenvalue weighted by Gasteiger charge is 2.26. The van der Waals surface area contributed by atoms with Crippen molar-refractivity contribution in [3.63, 3.8) is 0 Å². The second kappa shape index (κ2) is 6.90. The Morgan fingerprint density at radius 1 is 1.39 bits per heavy atom. The van der Waals surface area contributed by atoms with Gasteiger partial charge in [-0.05, 0) is 31.1 Å². The Labute approximate surface area is 140 Å². The van der Waals surface area contributed by atoms with E-state index < -0.39 is 0 Å². The molecule has 1 aliphatic carbocycles. The van der Waals surface area contributed by atoms with Crippen molar-refractivity contribution in [2.45, 2.75) is 45.1 Å². The number of hydrogen-bond donors (Lipinski definition) is 1. The number of aromatic nitrogens is 3. The quantitative estimate of drug-likeness (QED) is 0.824. The van der Waals surface area contributed by atoms with Crippen LogP contribution >= 0.6 is 12.2 Å². The van der Waals surface area contributed by atoms with Crippen molar-refractivity contribution in [3.05, 3.63) is 46.2 Å². The van der Waals surface area contributed by atoms with Gasteiger partial charge in [0.1, 0.15) is 12.4 Å². The van der Waals surface area contributed by atoms with Gasteiger partial charge in [0.2, 0.25) is 0 Å². The average molecular weight is 336 g/mol. The zero-order valence-electron chi connectivity index (χ0n) is 13.2. The highest BCUT2D eigenvalue weighted by molar-refractivity contribution is 7.71. The summed E-state index contributed by atoms with van der Waals surface area (Å²) in [5.41, 5.74) is 0.684. The summed E-state index contributed by atoms with van der Waals surface area (Å²) < 4.78 is 17.9. The molecule has 1 aliphatic rings. The van der Waals surface area contributed by atoms with Crippen molar-refractivity contribution in [1.82, 2.24) is 19.2 Å². The number of benzene rings is 1. The predicted molar refractivity (Wildman–Crippen MR) is 87.5 cm³/mol. The lowest BCUT2D eigenvalue weighted by atomic mass is 9.91. The van der Waals surface area contributed by atoms with Crippen LogP contribution in [-0.4, -0.2) is 30.4 Å². The molecule has 0 amide bonds. The summed E-state index contributed by atoms with van der Waals surface area (Å²) in [6.45, 7) is 0.889. The van der Waals surface area contributed by atoms with Crippen LogP contribution in [-0.2, 0) is 26.9 Å². The highest BCUT2D eigenvalue weighted by Crippen LogP contribution is 2.27. The molecule has 1 N–H and O–H groups in total. The molecule has 5 nitrogen and oxygen atoms in total. The first-order chi connectivity index (χ1) is 11.1. The average Bonchev–Trinajstić information content (AvgIpc) is 2.75. The van der Waals surface area contributed by atoms with E-state index in [2.05, 4.69) is 10.00 Å². The normalized spacial score (nSPS) is 15.1. The lowest BCUT2D eigenvalue weighted by Gasteiger charge is -2.37. The van der Waals surface area contributed by atoms with E-state index in [1.807, 2.05) is 12.1 Å². The third-order valence-corrected chi connectivity index (χ3v) is 5.00. The van der Waals surface area contributed by atoms with E-state index in [1.54, 1.807) is 22.4 Å². The van der Waals surface area contributed by atoms with Crippen LogP contribution in [0, 0.1) is 10.6 Å². The number of aliphatic hydroxyl groups excluding tert-OH is 1. The van der Waals surface area contributed by atoms with Crippen LogP contribution in [0.15, 0.2) is 24.3 Å². The van der Waals surface area contributed by atoms with Crippen molar-refractivity contribution in [2.75, 3.05) is 0 Å². The summed E-state index contributed by atoms with van der Waals surface area (Å²) in [7, 11) is 1.79. The molecule has 23 heavy (non-hydrogen) atoms. The van der Waals surface area contributed by atoms with Crippen LogP contribution in [0.5, 0.6) is 0 Å². The van der Waals surface area contributed by atoms with Gasteiger partial charge < -0.3 is 9.67 Å². The maximum atomic E-state index is 14.0. The van der Waals surface area contributed by atoms with Gasteiger partial charge in [0.05, 0.1) is 6.67 Å². The Kier molecular flexibility index (Phi) is 4.89. The van der Waals surface area contributed by atoms with E-state index >= 15 is 0 Å². The van der Waals surface area contributed by atoms with Crippen LogP contribution in [0.3, 0.4) is 0 Å². The van der Waals surface area contributed by atoms with Gasteiger partial charge in [-0.25, -0.2) is 9.07 Å². The molecule has 1 saturated carbocycles. The fraction of sp³-hybridized carbons (Fsp3) is 0.500. The van der Waals surface area contributed by atoms with Gasteiger partial charge in [0.25, 0.3) is 0 Å². The molecule has 0 aliphatic heterocycles. The van der Waals surface area contributed by atoms with E-state index in [0.29, 0.717) is 35.4 Å². The molecule has 1 aromatic carbocycles. The monoisotopic (exact) mass is 336 g/mol. The van der Waals surface area contributed by atoms with E-state index in [9.17, 15) is 9.50 Å². The van der Waals surface area contributed by atoms with Gasteiger partial charge in [0.15, 0.2) is 10.6 Å². The third-order valence-electron chi connectivity index (χ3n) is 4.51. The number of halogens is 1. The van der Waals surface area contributed by atoms with Crippen LogP contribution < -0.4 is 0 Å². The molecule has 1 fully saturated rings. The minimum atomic E-state index is -0.183. The van der Waals surface area contributed by atoms with Gasteiger partial charge >= 0.3 is 0 Å². The molecule has 0 saturated heterocycles. The van der Waals surface area contributed by atoms with Crippen LogP contribution in [0.25, 0.3) is 0 Å². The summed E-state index contributed by atoms with van der Waals surface area (Å²) in [6, 6.07) is 7.29. The topological polar surface area (TPSA) is 46.2 Å². The minimum absolute atomic E-state index is 0.149. The van der Waals surface area contributed by atoms with Crippen molar-refractivity contribution in [2.24, 2.45) is 7.05 Å². The molecule has 1 aromatic heterocycles. The van der Waals surface area contributed by atoms with Crippen LogP contribution in [0.1, 0.15) is 30.7 Å². The molecule has 0 radical (unpaired) electrons. The number of hydrogen-bond acceptors (Lipinski definition) is 4. The van der Waals surface area contributed by atoms with Gasteiger partial charge in [-0.3, -0.25) is 4.90 Å². The first kappa shape index (κ1) is 16.3. The molecule has 1 heterocycles. The van der Waals surface area contributed by atoms with Crippen molar-refractivity contribution < 1.29 is 9.50 Å². The molecule has 3 rings (SSSR count). The number of nitrogens with zero attached hydrogens (tertiary/aromatic N) is 4. The van der Waals surface area contributed by atoms with E-state index in [0.717, 1.165) is 12.8 Å². The van der Waals surface area contributed by atoms with Crippen molar-refractivity contribution in [3.8, 4) is 0 Å². The van der Waals surface area contributed by atoms with E-state index in [1.165, 1.54) is 12.5 Å². The second-order valence-electron chi connectivity index (χ2n) is 5.98. The summed E-state index contributed by atoms with van der Waals surface area (Å²) in [6.07, 6.45) is 3.43. The maximum absolute atomic E-state index is 14.0. The first-order valence-corrected chi connectivity index (χ1v) is 8.22. The van der Waals surface area contributed by atoms with Gasteiger partial charge in [-0.1, -0.05) is 24.6 Å². The van der Waals surface area contributed by atoms with Gasteiger partial charge in [0, 0.05) is 25.2 Å². The maximum Gasteiger partial charge on any atom is 0.198 e. The molecule has 2 aromatic rings. The number of aliphatic hydroxyl groups is 1. The number of rotatable bonds is 6. The summed E-state index contributed by atoms with van der Waals surface area (Å²) in [4.78, 5) is 2.21. The molecule has 124 valence electrons. The smallest absolute Gasteiger partial charge is 0.198 e. The molecule has 0 unspecified atom stereocenters. The van der Waals surface area contributed by atoms with Gasteiger partial charge in [-0.2, -0.15) is 5.10 Å². The fourth-order valence-electron chi connectivity index (χ4n) is 2.83. The summed E-state index contributed by atoms with van der Waals surface area (Å²) in [5, 5.41) is 13.7. The van der Waals surface area contributed by atoms with Crippen molar-refractivity contribution in [1.29, 1.82) is 0 Å². The first-order valence-electron chi connectivity index (χ1n) is 7.81. The molecular formula is C16H21FN4OS. The Hall–Kier alpha value is -1.57. The predicted octanol–water partition coefficient (Wildman–Crippen LogP) is 2.59. The molecule has 0 bridgehead atoms. The highest BCUT2D eigenvalue weighted by atomic mass is 32.1. The second-order valence-corrected chi connectivity index (χ2v) is 6.35. The third kappa shape index (κ3) is 3.36. The fourth-order valence-corrected chi connectivity index (χ4v) is 3.03. The zero-order valence-corrected chi connectivity index (χ0v) is 14.0. The van der Waals surface area contributed by atoms with E-state index in [4.69, 9.17) is 12.2 Å². The Balaban J connectivity index is 1.83. The molecular weight excluding hydrogens is 315 g/mol. The van der Waals surface area contributed by atoms with Crippen molar-refractivity contribution >= 4 is 12.2 Å². The summed E-state index contributed by atoms with van der Waals surface area (Å²) >= 11 is 5.38. The molecule has 0 spiro atoms. The Morgan fingerprint density at radius 3 is 2.70 bits per heavy atom. The Bertz CT molecular complexity index is 738. The minimum Gasteiger partial charge on any atom is -0.388 e. The lowest BCUT2D eigenvalue weighted by molar-refractivity contribution is 0.0777. The summed E-state index contributed by atoms with van der Waals surface area (Å²) in [5.74, 6) is 0.354. The SMILES string of the molecule is Cn1c(CO)nn(CN(Cc2ccccc2F)C2CCC2)c1=S. The zero-order chi connectivity index (χ0) is 16.4. The lowest BCUT2D eigenvalue weighted by Crippen LogP contribution is -2.41. The largest absolute Gasteiger partial charge is 0.388 e. The standard InChI is InChI=1S/C16H21FN4OS/c1-19-15(10-22)18-21(16(19)23)11-20(13-6-4-7-13)9-12-5-2-3-8-14(12)17/h2-3,5,8,13,22H,4,6-7,9-11H2,1H3. The van der Waals surface area contributed by atoms with Crippen LogP contribution in [0.2, 0.25) is 0 Å². The van der Waals surface area contributed by atoms with E-state index in [-0.39, 0.29) is 12.4 Å². The van der Waals surface area contributed by atoms with Gasteiger partial charge in [-0.15, -0.1) is 0 Å². The molecule has 7 heteroatoms.